The molecule has 13 heavy (non-hydrogen) atoms. The Morgan fingerprint density at radius 2 is 2.38 bits per heavy atom. The third-order valence-corrected chi connectivity index (χ3v) is 3.28. The predicted molar refractivity (Wildman–Crippen MR) is 61.0 cm³/mol. The van der Waals surface area contributed by atoms with Crippen LogP contribution in [0.15, 0.2) is 33.7 Å². The van der Waals surface area contributed by atoms with Crippen LogP contribution < -0.4 is 5.73 Å². The van der Waals surface area contributed by atoms with Crippen molar-refractivity contribution >= 4 is 32.9 Å². The Kier molecular flexibility index (Phi) is 2.60. The molecule has 1 aromatic rings. The minimum absolute atomic E-state index is 0.238. The highest BCUT2D eigenvalue weighted by Gasteiger charge is 2.17. The molecule has 2 rings (SSSR count). The second-order valence-electron chi connectivity index (χ2n) is 2.85. The zero-order valence-electron chi connectivity index (χ0n) is 6.90. The van der Waals surface area contributed by atoms with Gasteiger partial charge in [0.15, 0.2) is 5.17 Å². The van der Waals surface area contributed by atoms with Gasteiger partial charge in [0.25, 0.3) is 0 Å². The first-order valence-corrected chi connectivity index (χ1v) is 5.75. The first-order chi connectivity index (χ1) is 6.25. The quantitative estimate of drug-likeness (QED) is 0.839. The second kappa shape index (κ2) is 3.72. The van der Waals surface area contributed by atoms with Gasteiger partial charge in [-0.2, -0.15) is 0 Å². The summed E-state index contributed by atoms with van der Waals surface area (Å²) in [4.78, 5) is 4.34. The lowest BCUT2D eigenvalue weighted by Crippen LogP contribution is -2.01. The van der Waals surface area contributed by atoms with E-state index in [0.717, 1.165) is 10.2 Å². The van der Waals surface area contributed by atoms with Crippen molar-refractivity contribution in [3.63, 3.8) is 0 Å². The topological polar surface area (TPSA) is 38.4 Å². The van der Waals surface area contributed by atoms with Crippen LogP contribution in [-0.4, -0.2) is 10.9 Å². The number of nitrogens with zero attached hydrogens (tertiary/aromatic N) is 1. The van der Waals surface area contributed by atoms with Crippen molar-refractivity contribution in [2.75, 3.05) is 5.75 Å². The maximum atomic E-state index is 5.60. The molecule has 0 radical (unpaired) electrons. The molecule has 1 atom stereocenters. The van der Waals surface area contributed by atoms with E-state index in [1.165, 1.54) is 5.56 Å². The van der Waals surface area contributed by atoms with Crippen LogP contribution in [-0.2, 0) is 0 Å². The molecule has 2 N–H and O–H groups in total. The molecule has 1 aliphatic rings. The molecule has 0 saturated heterocycles. The lowest BCUT2D eigenvalue weighted by atomic mass is 10.1. The van der Waals surface area contributed by atoms with Crippen molar-refractivity contribution in [3.8, 4) is 0 Å². The number of thioether (sulfide) groups is 1. The molecular formula is C9H9BrN2S. The zero-order valence-corrected chi connectivity index (χ0v) is 9.31. The van der Waals surface area contributed by atoms with E-state index in [2.05, 4.69) is 33.1 Å². The van der Waals surface area contributed by atoms with Crippen molar-refractivity contribution in [1.29, 1.82) is 0 Å². The van der Waals surface area contributed by atoms with Crippen LogP contribution >= 0.6 is 27.7 Å². The third-order valence-electron chi connectivity index (χ3n) is 1.91. The first kappa shape index (κ1) is 9.09. The molecule has 4 heteroatoms. The van der Waals surface area contributed by atoms with Gasteiger partial charge in [0.1, 0.15) is 0 Å². The van der Waals surface area contributed by atoms with Gasteiger partial charge in [0.05, 0.1) is 6.04 Å². The summed E-state index contributed by atoms with van der Waals surface area (Å²) < 4.78 is 1.09. The second-order valence-corrected chi connectivity index (χ2v) is 4.81. The van der Waals surface area contributed by atoms with Gasteiger partial charge in [-0.3, -0.25) is 4.99 Å². The molecule has 68 valence electrons. The van der Waals surface area contributed by atoms with Crippen LogP contribution in [0.5, 0.6) is 0 Å². The number of halogens is 1. The zero-order chi connectivity index (χ0) is 9.26. The number of aliphatic imine (C=N–C) groups is 1. The van der Waals surface area contributed by atoms with Crippen LogP contribution in [0.1, 0.15) is 11.6 Å². The maximum absolute atomic E-state index is 5.60. The van der Waals surface area contributed by atoms with Gasteiger partial charge >= 0.3 is 0 Å². The minimum atomic E-state index is 0.238. The molecule has 0 amide bonds. The van der Waals surface area contributed by atoms with E-state index >= 15 is 0 Å². The number of hydrogen-bond donors (Lipinski definition) is 1. The van der Waals surface area contributed by atoms with Crippen LogP contribution in [0.2, 0.25) is 0 Å². The SMILES string of the molecule is NC1=N[C@@H](c2cccc(Br)c2)CS1. The lowest BCUT2D eigenvalue weighted by molar-refractivity contribution is 0.847. The molecular weight excluding hydrogens is 248 g/mol. The van der Waals surface area contributed by atoms with Gasteiger partial charge in [-0.25, -0.2) is 0 Å². The normalized spacial score (nSPS) is 21.6. The van der Waals surface area contributed by atoms with E-state index in [1.54, 1.807) is 11.8 Å². The Hall–Kier alpha value is -0.480. The summed E-state index contributed by atoms with van der Waals surface area (Å²) in [7, 11) is 0. The molecule has 0 aromatic heterocycles. The van der Waals surface area contributed by atoms with Gasteiger partial charge in [0, 0.05) is 10.2 Å². The monoisotopic (exact) mass is 256 g/mol. The number of benzene rings is 1. The average molecular weight is 257 g/mol. The van der Waals surface area contributed by atoms with E-state index in [1.807, 2.05) is 12.1 Å². The van der Waals surface area contributed by atoms with Crippen molar-refractivity contribution in [1.82, 2.24) is 0 Å². The van der Waals surface area contributed by atoms with Crippen LogP contribution in [0.4, 0.5) is 0 Å². The summed E-state index contributed by atoms with van der Waals surface area (Å²) in [5.41, 5.74) is 6.83. The molecule has 0 unspecified atom stereocenters. The van der Waals surface area contributed by atoms with Gasteiger partial charge in [-0.15, -0.1) is 0 Å². The Morgan fingerprint density at radius 3 is 3.00 bits per heavy atom. The summed E-state index contributed by atoms with van der Waals surface area (Å²) in [5.74, 6) is 0.961. The van der Waals surface area contributed by atoms with E-state index in [-0.39, 0.29) is 6.04 Å². The number of rotatable bonds is 1. The molecule has 0 aliphatic carbocycles. The summed E-state index contributed by atoms with van der Waals surface area (Å²) in [6.07, 6.45) is 0. The van der Waals surface area contributed by atoms with Crippen molar-refractivity contribution in [2.45, 2.75) is 6.04 Å². The summed E-state index contributed by atoms with van der Waals surface area (Å²) in [6.45, 7) is 0. The summed E-state index contributed by atoms with van der Waals surface area (Å²) >= 11 is 5.06. The number of hydrogen-bond acceptors (Lipinski definition) is 3. The number of nitrogens with two attached hydrogens (primary N) is 1. The van der Waals surface area contributed by atoms with E-state index in [4.69, 9.17) is 5.73 Å². The maximum Gasteiger partial charge on any atom is 0.154 e. The fraction of sp³-hybridized carbons (Fsp3) is 0.222. The van der Waals surface area contributed by atoms with Gasteiger partial charge < -0.3 is 5.73 Å². The highest BCUT2D eigenvalue weighted by Crippen LogP contribution is 2.29. The van der Waals surface area contributed by atoms with Gasteiger partial charge in [0.2, 0.25) is 0 Å². The van der Waals surface area contributed by atoms with Crippen molar-refractivity contribution in [2.24, 2.45) is 10.7 Å². The average Bonchev–Trinajstić information content (AvgIpc) is 2.52. The van der Waals surface area contributed by atoms with Gasteiger partial charge in [-0.05, 0) is 17.7 Å². The highest BCUT2D eigenvalue weighted by atomic mass is 79.9. The Balaban J connectivity index is 2.26. The lowest BCUT2D eigenvalue weighted by Gasteiger charge is -2.05. The Labute approximate surface area is 89.7 Å². The van der Waals surface area contributed by atoms with E-state index < -0.39 is 0 Å². The molecule has 0 spiro atoms. The standard InChI is InChI=1S/C9H9BrN2S/c10-7-3-1-2-6(4-7)8-5-13-9(11)12-8/h1-4,8H,5H2,(H2,11,12)/t8-/m1/s1. The third kappa shape index (κ3) is 2.06. The first-order valence-electron chi connectivity index (χ1n) is 3.97. The van der Waals surface area contributed by atoms with Crippen molar-refractivity contribution < 1.29 is 0 Å². The van der Waals surface area contributed by atoms with Crippen LogP contribution in [0.3, 0.4) is 0 Å². The fourth-order valence-corrected chi connectivity index (χ4v) is 2.49. The molecule has 1 heterocycles. The Bertz CT molecular complexity index is 351. The van der Waals surface area contributed by atoms with Crippen LogP contribution in [0, 0.1) is 0 Å². The van der Waals surface area contributed by atoms with Crippen LogP contribution in [0.25, 0.3) is 0 Å². The number of amidine groups is 1. The molecule has 0 saturated carbocycles. The largest absolute Gasteiger partial charge is 0.379 e. The smallest absolute Gasteiger partial charge is 0.154 e. The summed E-state index contributed by atoms with van der Waals surface area (Å²) in [6, 6.07) is 8.44. The molecule has 2 nitrogen and oxygen atoms in total. The minimum Gasteiger partial charge on any atom is -0.379 e. The van der Waals surface area contributed by atoms with E-state index in [9.17, 15) is 0 Å². The van der Waals surface area contributed by atoms with Gasteiger partial charge in [-0.1, -0.05) is 39.8 Å². The molecule has 1 aromatic carbocycles. The molecule has 1 aliphatic heterocycles. The molecule has 0 bridgehead atoms. The van der Waals surface area contributed by atoms with Crippen molar-refractivity contribution in [3.05, 3.63) is 34.3 Å². The predicted octanol–water partition coefficient (Wildman–Crippen LogP) is 2.55. The summed E-state index contributed by atoms with van der Waals surface area (Å²) in [5, 5.41) is 0.699. The molecule has 0 fully saturated rings. The fourth-order valence-electron chi connectivity index (χ4n) is 1.28. The van der Waals surface area contributed by atoms with E-state index in [0.29, 0.717) is 5.17 Å². The Morgan fingerprint density at radius 1 is 1.54 bits per heavy atom. The highest BCUT2D eigenvalue weighted by molar-refractivity contribution is 9.10.